The standard InChI is InChI=1S/C11H15F3O3Si/c1-17-18(15,16)5-3-2-4-8-6-9(12)11(14)10(13)7-8/h6-7,15-16H,2-5H2,1H3. The van der Waals surface area contributed by atoms with Gasteiger partial charge in [-0.1, -0.05) is 0 Å². The summed E-state index contributed by atoms with van der Waals surface area (Å²) >= 11 is 0. The summed E-state index contributed by atoms with van der Waals surface area (Å²) in [6, 6.07) is 2.00. The number of rotatable bonds is 6. The number of hydrogen-bond donors (Lipinski definition) is 2. The molecule has 1 rings (SSSR count). The number of hydrogen-bond acceptors (Lipinski definition) is 3. The molecule has 1 aromatic carbocycles. The van der Waals surface area contributed by atoms with E-state index < -0.39 is 26.3 Å². The van der Waals surface area contributed by atoms with Gasteiger partial charge < -0.3 is 14.0 Å². The van der Waals surface area contributed by atoms with E-state index in [0.717, 1.165) is 12.1 Å². The van der Waals surface area contributed by atoms with Crippen LogP contribution in [0.3, 0.4) is 0 Å². The maximum absolute atomic E-state index is 12.9. The third kappa shape index (κ3) is 4.41. The molecule has 18 heavy (non-hydrogen) atoms. The van der Waals surface area contributed by atoms with Crippen molar-refractivity contribution in [1.29, 1.82) is 0 Å². The van der Waals surface area contributed by atoms with E-state index in [-0.39, 0.29) is 6.04 Å². The molecule has 3 nitrogen and oxygen atoms in total. The van der Waals surface area contributed by atoms with Gasteiger partial charge in [0, 0.05) is 13.2 Å². The van der Waals surface area contributed by atoms with Gasteiger partial charge in [0.2, 0.25) is 0 Å². The Hall–Kier alpha value is -0.893. The minimum Gasteiger partial charge on any atom is -0.390 e. The second-order valence-electron chi connectivity index (χ2n) is 4.03. The average molecular weight is 280 g/mol. The SMILES string of the molecule is CO[Si](O)(O)CCCCc1cc(F)c(F)c(F)c1. The molecular formula is C11H15F3O3Si. The van der Waals surface area contributed by atoms with E-state index in [0.29, 0.717) is 24.8 Å². The van der Waals surface area contributed by atoms with Crippen LogP contribution >= 0.6 is 0 Å². The minimum atomic E-state index is -3.55. The Bertz CT molecular complexity index is 390. The molecule has 0 fully saturated rings. The van der Waals surface area contributed by atoms with E-state index in [1.807, 2.05) is 0 Å². The highest BCUT2D eigenvalue weighted by Gasteiger charge is 2.29. The summed E-state index contributed by atoms with van der Waals surface area (Å²) in [6.45, 7) is 0. The van der Waals surface area contributed by atoms with E-state index in [9.17, 15) is 22.8 Å². The zero-order valence-electron chi connectivity index (χ0n) is 9.92. The lowest BCUT2D eigenvalue weighted by molar-refractivity contribution is 0.183. The van der Waals surface area contributed by atoms with Gasteiger partial charge in [0.25, 0.3) is 0 Å². The second kappa shape index (κ2) is 6.33. The van der Waals surface area contributed by atoms with Gasteiger partial charge in [-0.2, -0.15) is 0 Å². The van der Waals surface area contributed by atoms with Crippen LogP contribution in [0.5, 0.6) is 0 Å². The van der Waals surface area contributed by atoms with Crippen LogP contribution in [-0.2, 0) is 10.8 Å². The van der Waals surface area contributed by atoms with E-state index in [1.165, 1.54) is 7.11 Å². The number of halogens is 3. The Labute approximate surface area is 104 Å². The lowest BCUT2D eigenvalue weighted by Crippen LogP contribution is -2.37. The van der Waals surface area contributed by atoms with Crippen LogP contribution in [0, 0.1) is 17.5 Å². The summed E-state index contributed by atoms with van der Waals surface area (Å²) in [5, 5.41) is 0. The number of unbranched alkanes of at least 4 members (excludes halogenated alkanes) is 1. The highest BCUT2D eigenvalue weighted by Crippen LogP contribution is 2.16. The van der Waals surface area contributed by atoms with E-state index in [1.54, 1.807) is 0 Å². The van der Waals surface area contributed by atoms with Gasteiger partial charge in [0.15, 0.2) is 17.5 Å². The molecule has 102 valence electrons. The summed E-state index contributed by atoms with van der Waals surface area (Å²) in [5.41, 5.74) is 0.340. The molecule has 0 aliphatic rings. The first-order valence-corrected chi connectivity index (χ1v) is 7.50. The Morgan fingerprint density at radius 2 is 1.67 bits per heavy atom. The summed E-state index contributed by atoms with van der Waals surface area (Å²) in [7, 11) is -2.34. The molecular weight excluding hydrogens is 265 g/mol. The van der Waals surface area contributed by atoms with Crippen LogP contribution in [0.2, 0.25) is 6.04 Å². The Morgan fingerprint density at radius 3 is 2.17 bits per heavy atom. The molecule has 2 N–H and O–H groups in total. The fraction of sp³-hybridized carbons (Fsp3) is 0.455. The molecule has 0 unspecified atom stereocenters. The highest BCUT2D eigenvalue weighted by molar-refractivity contribution is 6.57. The number of benzene rings is 1. The predicted molar refractivity (Wildman–Crippen MR) is 61.3 cm³/mol. The van der Waals surface area contributed by atoms with Gasteiger partial charge in [-0.05, 0) is 37.0 Å². The quantitative estimate of drug-likeness (QED) is 0.476. The van der Waals surface area contributed by atoms with Crippen molar-refractivity contribution in [3.8, 4) is 0 Å². The Balaban J connectivity index is 2.45. The predicted octanol–water partition coefficient (Wildman–Crippen LogP) is 2.00. The smallest absolute Gasteiger partial charge is 0.390 e. The molecule has 0 saturated heterocycles. The normalized spacial score (nSPS) is 11.9. The van der Waals surface area contributed by atoms with E-state index in [2.05, 4.69) is 4.43 Å². The van der Waals surface area contributed by atoms with Crippen molar-refractivity contribution >= 4 is 8.80 Å². The molecule has 0 amide bonds. The zero-order chi connectivity index (χ0) is 13.8. The molecule has 0 aliphatic heterocycles. The minimum absolute atomic E-state index is 0.121. The molecule has 0 heterocycles. The van der Waals surface area contributed by atoms with Gasteiger partial charge in [0.1, 0.15) is 0 Å². The number of aryl methyl sites for hydroxylation is 1. The third-order valence-corrected chi connectivity index (χ3v) is 4.25. The van der Waals surface area contributed by atoms with Crippen LogP contribution in [0.1, 0.15) is 18.4 Å². The fourth-order valence-electron chi connectivity index (χ4n) is 1.54. The summed E-state index contributed by atoms with van der Waals surface area (Å²) in [6.07, 6.45) is 1.29. The van der Waals surface area contributed by atoms with Crippen LogP contribution in [0.4, 0.5) is 13.2 Å². The van der Waals surface area contributed by atoms with Gasteiger partial charge >= 0.3 is 8.80 Å². The topological polar surface area (TPSA) is 49.7 Å². The zero-order valence-corrected chi connectivity index (χ0v) is 10.9. The highest BCUT2D eigenvalue weighted by atomic mass is 28.4. The van der Waals surface area contributed by atoms with Crippen LogP contribution in [0.25, 0.3) is 0 Å². The van der Waals surface area contributed by atoms with Gasteiger partial charge in [-0.25, -0.2) is 13.2 Å². The van der Waals surface area contributed by atoms with E-state index >= 15 is 0 Å². The lowest BCUT2D eigenvalue weighted by Gasteiger charge is -2.14. The maximum atomic E-state index is 12.9. The first kappa shape index (κ1) is 15.2. The molecule has 0 saturated carbocycles. The van der Waals surface area contributed by atoms with Crippen LogP contribution < -0.4 is 0 Å². The molecule has 1 aromatic rings. The van der Waals surface area contributed by atoms with Crippen molar-refractivity contribution in [2.24, 2.45) is 0 Å². The van der Waals surface area contributed by atoms with Gasteiger partial charge in [0.05, 0.1) is 0 Å². The first-order valence-electron chi connectivity index (χ1n) is 5.49. The summed E-state index contributed by atoms with van der Waals surface area (Å²) < 4.78 is 43.0. The molecule has 0 radical (unpaired) electrons. The van der Waals surface area contributed by atoms with Crippen molar-refractivity contribution in [2.75, 3.05) is 7.11 Å². The van der Waals surface area contributed by atoms with Crippen molar-refractivity contribution < 1.29 is 27.2 Å². The summed E-state index contributed by atoms with van der Waals surface area (Å²) in [5.74, 6) is -3.90. The Morgan fingerprint density at radius 1 is 1.11 bits per heavy atom. The maximum Gasteiger partial charge on any atom is 0.495 e. The lowest BCUT2D eigenvalue weighted by atomic mass is 10.1. The third-order valence-electron chi connectivity index (χ3n) is 2.59. The van der Waals surface area contributed by atoms with Crippen molar-refractivity contribution in [2.45, 2.75) is 25.3 Å². The van der Waals surface area contributed by atoms with Crippen LogP contribution in [-0.4, -0.2) is 25.5 Å². The molecule has 0 bridgehead atoms. The van der Waals surface area contributed by atoms with Gasteiger partial charge in [-0.15, -0.1) is 0 Å². The fourth-order valence-corrected chi connectivity index (χ4v) is 2.45. The van der Waals surface area contributed by atoms with Crippen molar-refractivity contribution in [3.63, 3.8) is 0 Å². The molecule has 0 aromatic heterocycles. The second-order valence-corrected chi connectivity index (χ2v) is 6.42. The largest absolute Gasteiger partial charge is 0.495 e. The molecule has 0 aliphatic carbocycles. The summed E-state index contributed by atoms with van der Waals surface area (Å²) in [4.78, 5) is 18.5. The van der Waals surface area contributed by atoms with E-state index in [4.69, 9.17) is 0 Å². The monoisotopic (exact) mass is 280 g/mol. The Kier molecular flexibility index (Phi) is 5.33. The van der Waals surface area contributed by atoms with Gasteiger partial charge in [-0.3, -0.25) is 0 Å². The first-order chi connectivity index (χ1) is 8.35. The molecule has 7 heteroatoms. The van der Waals surface area contributed by atoms with Crippen LogP contribution in [0.15, 0.2) is 12.1 Å². The average Bonchev–Trinajstić information content (AvgIpc) is 2.31. The molecule has 0 spiro atoms. The van der Waals surface area contributed by atoms with Crippen molar-refractivity contribution in [3.05, 3.63) is 35.1 Å². The van der Waals surface area contributed by atoms with Crippen molar-refractivity contribution in [1.82, 2.24) is 0 Å². The molecule has 0 atom stereocenters.